The quantitative estimate of drug-likeness (QED) is 0.0639. The van der Waals surface area contributed by atoms with E-state index in [2.05, 4.69) is 56.9 Å². The van der Waals surface area contributed by atoms with Gasteiger partial charge in [-0.25, -0.2) is 4.79 Å². The lowest BCUT2D eigenvalue weighted by molar-refractivity contribution is -0.135. The summed E-state index contributed by atoms with van der Waals surface area (Å²) < 4.78 is 22.5. The molecule has 7 heterocycles. The van der Waals surface area contributed by atoms with Crippen molar-refractivity contribution in [1.29, 1.82) is 0 Å². The number of hydrogen-bond donors (Lipinski definition) is 5. The highest BCUT2D eigenvalue weighted by Crippen LogP contribution is 2.40. The van der Waals surface area contributed by atoms with Crippen molar-refractivity contribution >= 4 is 81.2 Å². The molecule has 16 rings (SSSR count). The summed E-state index contributed by atoms with van der Waals surface area (Å²) in [5, 5.41) is 41.3. The minimum Gasteiger partial charge on any atom is -0.508 e. The van der Waals surface area contributed by atoms with E-state index >= 15 is 0 Å². The first-order valence-corrected chi connectivity index (χ1v) is 36.6. The van der Waals surface area contributed by atoms with Crippen LogP contribution >= 0.6 is 0 Å². The molecule has 111 heavy (non-hydrogen) atoms. The summed E-state index contributed by atoms with van der Waals surface area (Å²) in [6, 6.07) is 70.1. The van der Waals surface area contributed by atoms with Crippen molar-refractivity contribution in [3.63, 3.8) is 0 Å². The molecule has 9 aromatic carbocycles. The lowest BCUT2D eigenvalue weighted by Gasteiger charge is -2.35. The number of amides is 4. The number of aryl methyl sites for hydroxylation is 3. The first-order valence-electron chi connectivity index (χ1n) is 36.6. The number of carboxylic acids is 1. The van der Waals surface area contributed by atoms with Gasteiger partial charge in [-0.2, -0.15) is 15.3 Å². The van der Waals surface area contributed by atoms with Crippen LogP contribution in [0.5, 0.6) is 23.0 Å². The molecule has 4 amide bonds. The molecule has 0 radical (unpaired) electrons. The third kappa shape index (κ3) is 18.9. The predicted octanol–water partition coefficient (Wildman–Crippen LogP) is 15.2. The number of aromatic carboxylic acids is 1. The Morgan fingerprint density at radius 3 is 1.11 bits per heavy atom. The van der Waals surface area contributed by atoms with Gasteiger partial charge in [0.25, 0.3) is 23.6 Å². The topological polar surface area (TPSA) is 259 Å². The molecule has 4 aliphatic heterocycles. The first kappa shape index (κ1) is 75.7. The van der Waals surface area contributed by atoms with Crippen molar-refractivity contribution in [2.75, 3.05) is 70.0 Å². The molecule has 0 atom stereocenters. The normalized spacial score (nSPS) is 13.2. The lowest BCUT2D eigenvalue weighted by Crippen LogP contribution is -2.50. The molecule has 0 spiro atoms. The largest absolute Gasteiger partial charge is 0.508 e. The molecule has 4 aliphatic rings. The van der Waals surface area contributed by atoms with Crippen LogP contribution in [0.3, 0.4) is 0 Å². The Morgan fingerprint density at radius 1 is 0.414 bits per heavy atom. The van der Waals surface area contributed by atoms with Gasteiger partial charge in [-0.3, -0.25) is 38.1 Å². The van der Waals surface area contributed by atoms with Gasteiger partial charge in [-0.1, -0.05) is 118 Å². The Labute approximate surface area is 644 Å². The van der Waals surface area contributed by atoms with E-state index in [0.29, 0.717) is 66.5 Å². The number of rotatable bonds is 15. The summed E-state index contributed by atoms with van der Waals surface area (Å²) >= 11 is 0. The molecule has 12 aromatic rings. The zero-order valence-electron chi connectivity index (χ0n) is 62.7. The maximum absolute atomic E-state index is 13.6. The molecule has 24 heteroatoms. The van der Waals surface area contributed by atoms with E-state index in [1.165, 1.54) is 24.3 Å². The number of ether oxygens (including phenoxy) is 3. The average Bonchev–Trinajstić information content (AvgIpc) is 1.66. The Balaban J connectivity index is 0.000000135. The molecule has 1 fully saturated rings. The standard InChI is InChI=1S/C30H38N6O3.C25H22N4O2.C18H16N4O2.C14H12O3/c1-30(2,3)13-14-34-15-17-35(18-16-34)27(37)21-39-24-11-9-22(10-12-24)29(38)36-20-23-19-31-33(4)28(23)32-25-7-5-6-8-26(25)36;1-28-24-20(15-26-28)16-29(23-10-6-5-9-22(23)27-24)25(30)19-11-13-21(14-12-19)31-17-18-7-3-2-4-8-18;1-21-17-13(10-19-21)11-22(16-5-3-2-4-15(16)20-17)18(24)12-6-8-14(23)9-7-12;15-14(16)12-6-8-13(9-7-12)17-10-11-4-2-1-3-5-11/h5-12,19,32H,13-18,20-21H2,1-4H3;2-15,27H,16-17H2,1H3;2-10,20,23H,11H2,1H3;1-9H,10H2,(H,15,16). The number of carboxylic acid groups (broad SMARTS) is 1. The third-order valence-electron chi connectivity index (χ3n) is 19.3. The summed E-state index contributed by atoms with van der Waals surface area (Å²) in [4.78, 5) is 73.1. The number of piperazine rings is 1. The summed E-state index contributed by atoms with van der Waals surface area (Å²) in [5.74, 6) is 3.50. The minimum absolute atomic E-state index is 0.00780. The molecule has 0 saturated carbocycles. The minimum atomic E-state index is -0.931. The van der Waals surface area contributed by atoms with Crippen LogP contribution in [0.1, 0.15) is 96.4 Å². The van der Waals surface area contributed by atoms with E-state index < -0.39 is 5.97 Å². The van der Waals surface area contributed by atoms with E-state index in [9.17, 15) is 29.1 Å². The van der Waals surface area contributed by atoms with Crippen LogP contribution in [0, 0.1) is 5.41 Å². The van der Waals surface area contributed by atoms with Gasteiger partial charge in [0.2, 0.25) is 0 Å². The average molecular weight is 1490 g/mol. The van der Waals surface area contributed by atoms with Crippen molar-refractivity contribution in [2.45, 2.75) is 60.0 Å². The number of nitrogens with zero attached hydrogens (tertiary/aromatic N) is 11. The Hall–Kier alpha value is -13.5. The highest BCUT2D eigenvalue weighted by molar-refractivity contribution is 6.10. The first-order chi connectivity index (χ1) is 53.7. The van der Waals surface area contributed by atoms with Crippen LogP contribution in [0.4, 0.5) is 51.6 Å². The molecule has 5 N–H and O–H groups in total. The van der Waals surface area contributed by atoms with E-state index in [-0.39, 0.29) is 41.5 Å². The Kier molecular flexibility index (Phi) is 23.6. The van der Waals surface area contributed by atoms with E-state index in [0.717, 1.165) is 124 Å². The Bertz CT molecular complexity index is 5210. The molecule has 566 valence electrons. The van der Waals surface area contributed by atoms with Gasteiger partial charge in [-0.05, 0) is 163 Å². The van der Waals surface area contributed by atoms with Crippen LogP contribution in [0.15, 0.2) is 249 Å². The molecule has 0 aliphatic carbocycles. The van der Waals surface area contributed by atoms with Crippen molar-refractivity contribution < 1.29 is 48.4 Å². The summed E-state index contributed by atoms with van der Waals surface area (Å²) in [6.07, 6.45) is 6.50. The number of fused-ring (bicyclic) bond motifs is 6. The van der Waals surface area contributed by atoms with Gasteiger partial charge in [0.1, 0.15) is 53.7 Å². The SMILES string of the molecule is Cn1ncc2c1Nc1ccccc1N(C(=O)c1ccc(O)cc1)C2.Cn1ncc2c1Nc1ccccc1N(C(=O)c1ccc(OCC(=O)N3CCN(CCC(C)(C)C)CC3)cc1)C2.Cn1ncc2c1Nc1ccccc1N(C(=O)c1ccc(OCc3ccccc3)cc1)C2.O=C(O)c1ccc(OCc2ccccc2)cc1. The number of benzene rings is 9. The highest BCUT2D eigenvalue weighted by Gasteiger charge is 2.31. The lowest BCUT2D eigenvalue weighted by atomic mass is 9.92. The maximum Gasteiger partial charge on any atom is 0.335 e. The molecule has 3 aromatic heterocycles. The smallest absolute Gasteiger partial charge is 0.335 e. The number of anilines is 9. The molecule has 24 nitrogen and oxygen atoms in total. The van der Waals surface area contributed by atoms with Gasteiger partial charge >= 0.3 is 5.97 Å². The predicted molar refractivity (Wildman–Crippen MR) is 429 cm³/mol. The number of carbonyl (C=O) groups excluding carboxylic acids is 4. The molecule has 0 unspecified atom stereocenters. The molecular formula is C87H88N14O10. The number of carbonyl (C=O) groups is 5. The molecule has 0 bridgehead atoms. The van der Waals surface area contributed by atoms with Crippen molar-refractivity contribution in [1.82, 2.24) is 39.1 Å². The van der Waals surface area contributed by atoms with Crippen LogP contribution in [-0.2, 0) is 58.8 Å². The number of phenols is 1. The van der Waals surface area contributed by atoms with Crippen molar-refractivity contribution in [3.8, 4) is 23.0 Å². The highest BCUT2D eigenvalue weighted by atomic mass is 16.5. The monoisotopic (exact) mass is 1490 g/mol. The van der Waals surface area contributed by atoms with Gasteiger partial charge in [0, 0.05) is 80.7 Å². The van der Waals surface area contributed by atoms with E-state index in [1.807, 2.05) is 184 Å². The zero-order chi connectivity index (χ0) is 77.5. The van der Waals surface area contributed by atoms with Gasteiger partial charge < -0.3 is 60.0 Å². The van der Waals surface area contributed by atoms with E-state index in [4.69, 9.17) is 19.3 Å². The summed E-state index contributed by atoms with van der Waals surface area (Å²) in [5.41, 5.74) is 12.3. The second kappa shape index (κ2) is 34.6. The van der Waals surface area contributed by atoms with E-state index in [1.54, 1.807) is 95.9 Å². The fourth-order valence-electron chi connectivity index (χ4n) is 13.0. The zero-order valence-corrected chi connectivity index (χ0v) is 62.7. The maximum atomic E-state index is 13.6. The Morgan fingerprint density at radius 2 is 0.748 bits per heavy atom. The number of aromatic hydroxyl groups is 1. The van der Waals surface area contributed by atoms with Crippen LogP contribution in [0.25, 0.3) is 0 Å². The second-order valence-corrected chi connectivity index (χ2v) is 28.3. The molecular weight excluding hydrogens is 1400 g/mol. The van der Waals surface area contributed by atoms with Crippen LogP contribution in [-0.4, -0.2) is 118 Å². The van der Waals surface area contributed by atoms with Gasteiger partial charge in [0.05, 0.1) is 77.9 Å². The van der Waals surface area contributed by atoms with Crippen molar-refractivity contribution in [2.24, 2.45) is 26.6 Å². The fraction of sp³-hybridized carbons (Fsp3) is 0.218. The third-order valence-corrected chi connectivity index (χ3v) is 19.3. The number of nitrogens with one attached hydrogen (secondary N) is 3. The van der Waals surface area contributed by atoms with Gasteiger partial charge in [0.15, 0.2) is 6.61 Å². The fourth-order valence-corrected chi connectivity index (χ4v) is 13.0. The van der Waals surface area contributed by atoms with Crippen molar-refractivity contribution in [3.05, 3.63) is 299 Å². The number of hydrogen-bond acceptors (Lipinski definition) is 16. The van der Waals surface area contributed by atoms with Crippen LogP contribution < -0.4 is 44.9 Å². The summed E-state index contributed by atoms with van der Waals surface area (Å²) in [6.45, 7) is 13.3. The van der Waals surface area contributed by atoms with Gasteiger partial charge in [-0.15, -0.1) is 0 Å². The number of phenolic OH excluding ortho intramolecular Hbond substituents is 1. The molecule has 1 saturated heterocycles. The summed E-state index contributed by atoms with van der Waals surface area (Å²) in [7, 11) is 5.63. The second-order valence-electron chi connectivity index (χ2n) is 28.3. The van der Waals surface area contributed by atoms with Crippen LogP contribution in [0.2, 0.25) is 0 Å². The number of aromatic nitrogens is 6. The number of para-hydroxylation sites is 6.